The first kappa shape index (κ1) is 16.7. The smallest absolute Gasteiger partial charge is 0.337 e. The Bertz CT molecular complexity index is 495. The fourth-order valence-corrected chi connectivity index (χ4v) is 1.54. The Labute approximate surface area is 123 Å². The van der Waals surface area contributed by atoms with Crippen LogP contribution in [0.2, 0.25) is 0 Å². The van der Waals surface area contributed by atoms with Crippen molar-refractivity contribution in [2.24, 2.45) is 0 Å². The highest BCUT2D eigenvalue weighted by Gasteiger charge is 2.08. The molecule has 21 heavy (non-hydrogen) atoms. The normalized spacial score (nSPS) is 9.81. The van der Waals surface area contributed by atoms with E-state index in [0.29, 0.717) is 17.7 Å². The lowest BCUT2D eigenvalue weighted by Crippen LogP contribution is -2.20. The van der Waals surface area contributed by atoms with Crippen LogP contribution in [0.25, 0.3) is 0 Å². The van der Waals surface area contributed by atoms with Crippen LogP contribution >= 0.6 is 0 Å². The summed E-state index contributed by atoms with van der Waals surface area (Å²) >= 11 is 0. The van der Waals surface area contributed by atoms with Crippen molar-refractivity contribution in [3.8, 4) is 0 Å². The van der Waals surface area contributed by atoms with Gasteiger partial charge in [0.1, 0.15) is 0 Å². The van der Waals surface area contributed by atoms with Gasteiger partial charge in [0.25, 0.3) is 5.91 Å². The van der Waals surface area contributed by atoms with Gasteiger partial charge >= 0.3 is 11.9 Å². The van der Waals surface area contributed by atoms with Crippen molar-refractivity contribution in [1.82, 2.24) is 0 Å². The van der Waals surface area contributed by atoms with Crippen molar-refractivity contribution in [1.29, 1.82) is 0 Å². The predicted molar refractivity (Wildman–Crippen MR) is 76.9 cm³/mol. The molecule has 6 nitrogen and oxygen atoms in total. The highest BCUT2D eigenvalue weighted by molar-refractivity contribution is 5.94. The number of hydrogen-bond donors (Lipinski definition) is 1. The van der Waals surface area contributed by atoms with Gasteiger partial charge < -0.3 is 14.8 Å². The van der Waals surface area contributed by atoms with Crippen molar-refractivity contribution < 1.29 is 23.9 Å². The van der Waals surface area contributed by atoms with Crippen LogP contribution < -0.4 is 5.32 Å². The van der Waals surface area contributed by atoms with E-state index in [-0.39, 0.29) is 12.6 Å². The molecule has 0 spiro atoms. The second-order valence-electron chi connectivity index (χ2n) is 4.38. The zero-order chi connectivity index (χ0) is 15.7. The van der Waals surface area contributed by atoms with Gasteiger partial charge in [-0.15, -0.1) is 0 Å². The molecule has 0 aliphatic carbocycles. The molecule has 0 unspecified atom stereocenters. The fourth-order valence-electron chi connectivity index (χ4n) is 1.54. The number of carbonyl (C=O) groups excluding carboxylic acids is 3. The summed E-state index contributed by atoms with van der Waals surface area (Å²) in [6, 6.07) is 6.22. The standard InChI is InChI=1S/C15H19NO5/c1-3-4-5-14(18)21-10-13(17)16-12-8-6-11(7-9-12)15(19)20-2/h6-9H,3-5,10H2,1-2H3,(H,16,17). The average Bonchev–Trinajstić information content (AvgIpc) is 2.50. The molecule has 0 saturated heterocycles. The molecule has 114 valence electrons. The number of hydrogen-bond acceptors (Lipinski definition) is 5. The van der Waals surface area contributed by atoms with Crippen molar-refractivity contribution in [3.05, 3.63) is 29.8 Å². The number of unbranched alkanes of at least 4 members (excludes halogenated alkanes) is 1. The fraction of sp³-hybridized carbons (Fsp3) is 0.400. The monoisotopic (exact) mass is 293 g/mol. The summed E-state index contributed by atoms with van der Waals surface area (Å²) in [6.45, 7) is 1.65. The van der Waals surface area contributed by atoms with Gasteiger partial charge in [-0.3, -0.25) is 9.59 Å². The average molecular weight is 293 g/mol. The van der Waals surface area contributed by atoms with Crippen molar-refractivity contribution in [3.63, 3.8) is 0 Å². The number of anilines is 1. The van der Waals surface area contributed by atoms with Crippen LogP contribution in [0, 0.1) is 0 Å². The quantitative estimate of drug-likeness (QED) is 0.779. The topological polar surface area (TPSA) is 81.7 Å². The lowest BCUT2D eigenvalue weighted by molar-refractivity contribution is -0.147. The van der Waals surface area contributed by atoms with Crippen molar-refractivity contribution in [2.75, 3.05) is 19.0 Å². The third-order valence-corrected chi connectivity index (χ3v) is 2.69. The van der Waals surface area contributed by atoms with Gasteiger partial charge in [0.15, 0.2) is 6.61 Å². The number of rotatable bonds is 7. The van der Waals surface area contributed by atoms with Gasteiger partial charge in [0.05, 0.1) is 12.7 Å². The Balaban J connectivity index is 2.41. The van der Waals surface area contributed by atoms with Gasteiger partial charge in [-0.2, -0.15) is 0 Å². The number of amides is 1. The Kier molecular flexibility index (Phi) is 6.94. The van der Waals surface area contributed by atoms with E-state index in [4.69, 9.17) is 4.74 Å². The molecule has 0 saturated carbocycles. The van der Waals surface area contributed by atoms with E-state index in [2.05, 4.69) is 10.1 Å². The van der Waals surface area contributed by atoms with E-state index in [1.54, 1.807) is 12.1 Å². The molecule has 1 aromatic carbocycles. The van der Waals surface area contributed by atoms with Gasteiger partial charge in [-0.1, -0.05) is 13.3 Å². The SMILES string of the molecule is CCCCC(=O)OCC(=O)Nc1ccc(C(=O)OC)cc1. The Hall–Kier alpha value is -2.37. The summed E-state index contributed by atoms with van der Waals surface area (Å²) in [5.41, 5.74) is 0.902. The molecule has 0 aromatic heterocycles. The first-order valence-corrected chi connectivity index (χ1v) is 6.70. The first-order valence-electron chi connectivity index (χ1n) is 6.70. The maximum Gasteiger partial charge on any atom is 0.337 e. The molecule has 0 heterocycles. The van der Waals surface area contributed by atoms with E-state index < -0.39 is 11.9 Å². The van der Waals surface area contributed by atoms with E-state index in [9.17, 15) is 14.4 Å². The number of carbonyl (C=O) groups is 3. The first-order chi connectivity index (χ1) is 10.1. The van der Waals surface area contributed by atoms with E-state index in [1.807, 2.05) is 6.92 Å². The molecule has 6 heteroatoms. The van der Waals surface area contributed by atoms with E-state index >= 15 is 0 Å². The molecule has 0 radical (unpaired) electrons. The van der Waals surface area contributed by atoms with Crippen LogP contribution in [-0.2, 0) is 19.1 Å². The number of esters is 2. The summed E-state index contributed by atoms with van der Waals surface area (Å²) in [5.74, 6) is -1.25. The third-order valence-electron chi connectivity index (χ3n) is 2.69. The summed E-state index contributed by atoms with van der Waals surface area (Å²) in [4.78, 5) is 34.1. The van der Waals surface area contributed by atoms with Crippen LogP contribution in [0.15, 0.2) is 24.3 Å². The number of nitrogens with one attached hydrogen (secondary N) is 1. The molecule has 1 rings (SSSR count). The summed E-state index contributed by atoms with van der Waals surface area (Å²) in [7, 11) is 1.30. The molecule has 1 amide bonds. The molecule has 0 bridgehead atoms. The minimum absolute atomic E-state index is 0.317. The molecule has 1 aromatic rings. The maximum absolute atomic E-state index is 11.6. The minimum atomic E-state index is -0.447. The molecule has 0 fully saturated rings. The summed E-state index contributed by atoms with van der Waals surface area (Å²) in [6.07, 6.45) is 1.96. The Morgan fingerprint density at radius 3 is 2.38 bits per heavy atom. The van der Waals surface area contributed by atoms with Crippen molar-refractivity contribution in [2.45, 2.75) is 26.2 Å². The molecule has 0 aliphatic rings. The van der Waals surface area contributed by atoms with Crippen LogP contribution in [0.3, 0.4) is 0 Å². The summed E-state index contributed by atoms with van der Waals surface area (Å²) < 4.78 is 9.40. The van der Waals surface area contributed by atoms with Gasteiger partial charge in [0, 0.05) is 12.1 Å². The van der Waals surface area contributed by atoms with Crippen LogP contribution in [0.5, 0.6) is 0 Å². The second kappa shape index (κ2) is 8.73. The second-order valence-corrected chi connectivity index (χ2v) is 4.38. The minimum Gasteiger partial charge on any atom is -0.465 e. The summed E-state index contributed by atoms with van der Waals surface area (Å²) in [5, 5.41) is 2.57. The van der Waals surface area contributed by atoms with Gasteiger partial charge in [-0.05, 0) is 30.7 Å². The highest BCUT2D eigenvalue weighted by atomic mass is 16.5. The lowest BCUT2D eigenvalue weighted by atomic mass is 10.2. The van der Waals surface area contributed by atoms with Crippen LogP contribution in [0.1, 0.15) is 36.5 Å². The van der Waals surface area contributed by atoms with Gasteiger partial charge in [-0.25, -0.2) is 4.79 Å². The third kappa shape index (κ3) is 6.07. The number of benzene rings is 1. The highest BCUT2D eigenvalue weighted by Crippen LogP contribution is 2.10. The number of ether oxygens (including phenoxy) is 2. The largest absolute Gasteiger partial charge is 0.465 e. The van der Waals surface area contributed by atoms with E-state index in [1.165, 1.54) is 19.2 Å². The maximum atomic E-state index is 11.6. The van der Waals surface area contributed by atoms with Gasteiger partial charge in [0.2, 0.25) is 0 Å². The van der Waals surface area contributed by atoms with Crippen molar-refractivity contribution >= 4 is 23.5 Å². The molecular formula is C15H19NO5. The number of methoxy groups -OCH3 is 1. The van der Waals surface area contributed by atoms with Crippen LogP contribution in [-0.4, -0.2) is 31.6 Å². The molecule has 0 aliphatic heterocycles. The molecule has 0 atom stereocenters. The van der Waals surface area contributed by atoms with E-state index in [0.717, 1.165) is 12.8 Å². The molecule has 1 N–H and O–H groups in total. The Morgan fingerprint density at radius 2 is 1.81 bits per heavy atom. The zero-order valence-electron chi connectivity index (χ0n) is 12.2. The zero-order valence-corrected chi connectivity index (χ0v) is 12.2. The lowest BCUT2D eigenvalue weighted by Gasteiger charge is -2.07. The molecular weight excluding hydrogens is 274 g/mol. The Morgan fingerprint density at radius 1 is 1.14 bits per heavy atom. The predicted octanol–water partition coefficient (Wildman–Crippen LogP) is 2.15. The van der Waals surface area contributed by atoms with Crippen LogP contribution in [0.4, 0.5) is 5.69 Å².